The van der Waals surface area contributed by atoms with Crippen LogP contribution in [0.4, 0.5) is 0 Å². The second-order valence-corrected chi connectivity index (χ2v) is 3.60. The number of aromatic hydroxyl groups is 1. The number of rotatable bonds is 2. The van der Waals surface area contributed by atoms with E-state index in [0.29, 0.717) is 5.57 Å². The Morgan fingerprint density at radius 2 is 2.06 bits per heavy atom. The molecule has 1 aromatic rings. The van der Waals surface area contributed by atoms with Gasteiger partial charge in [0.1, 0.15) is 12.0 Å². The van der Waals surface area contributed by atoms with Crippen molar-refractivity contribution in [3.63, 3.8) is 0 Å². The van der Waals surface area contributed by atoms with Crippen LogP contribution in [-0.2, 0) is 4.79 Å². The van der Waals surface area contributed by atoms with E-state index >= 15 is 0 Å². The summed E-state index contributed by atoms with van der Waals surface area (Å²) in [7, 11) is 0. The van der Waals surface area contributed by atoms with Crippen molar-refractivity contribution in [1.29, 1.82) is 0 Å². The molecule has 0 heterocycles. The first-order chi connectivity index (χ1) is 7.81. The summed E-state index contributed by atoms with van der Waals surface area (Å²) in [5.41, 5.74) is 2.34. The molecule has 1 aromatic carbocycles. The second kappa shape index (κ2) is 4.62. The van der Waals surface area contributed by atoms with E-state index < -0.39 is 0 Å². The number of aldehydes is 1. The lowest BCUT2D eigenvalue weighted by atomic mass is 9.96. The van der Waals surface area contributed by atoms with Gasteiger partial charge in [0, 0.05) is 11.1 Å². The van der Waals surface area contributed by atoms with Crippen LogP contribution in [0.2, 0.25) is 0 Å². The molecule has 2 nitrogen and oxygen atoms in total. The van der Waals surface area contributed by atoms with Crippen LogP contribution in [0.15, 0.2) is 53.6 Å². The highest BCUT2D eigenvalue weighted by atomic mass is 16.3. The summed E-state index contributed by atoms with van der Waals surface area (Å²) >= 11 is 0. The van der Waals surface area contributed by atoms with E-state index in [0.717, 1.165) is 23.8 Å². The summed E-state index contributed by atoms with van der Waals surface area (Å²) < 4.78 is 0. The van der Waals surface area contributed by atoms with Gasteiger partial charge in [0.25, 0.3) is 0 Å². The predicted molar refractivity (Wildman–Crippen MR) is 64.0 cm³/mol. The monoisotopic (exact) mass is 212 g/mol. The van der Waals surface area contributed by atoms with Gasteiger partial charge in [-0.05, 0) is 24.1 Å². The number of hydrogen-bond acceptors (Lipinski definition) is 2. The number of carbonyl (C=O) groups excluding carboxylic acids is 1. The van der Waals surface area contributed by atoms with E-state index in [9.17, 15) is 9.90 Å². The smallest absolute Gasteiger partial charge is 0.150 e. The van der Waals surface area contributed by atoms with Crippen LogP contribution in [-0.4, -0.2) is 11.4 Å². The van der Waals surface area contributed by atoms with Crippen molar-refractivity contribution < 1.29 is 9.90 Å². The Bertz CT molecular complexity index is 493. The van der Waals surface area contributed by atoms with Crippen LogP contribution in [0.1, 0.15) is 12.0 Å². The van der Waals surface area contributed by atoms with Crippen LogP contribution in [0.3, 0.4) is 0 Å². The van der Waals surface area contributed by atoms with Crippen LogP contribution < -0.4 is 0 Å². The van der Waals surface area contributed by atoms with Crippen LogP contribution in [0.5, 0.6) is 5.75 Å². The first kappa shape index (κ1) is 10.4. The molecule has 1 aliphatic carbocycles. The fourth-order valence-electron chi connectivity index (χ4n) is 1.65. The van der Waals surface area contributed by atoms with E-state index in [1.807, 2.05) is 30.4 Å². The molecule has 0 unspecified atom stereocenters. The van der Waals surface area contributed by atoms with Crippen molar-refractivity contribution in [2.24, 2.45) is 0 Å². The molecule has 80 valence electrons. The summed E-state index contributed by atoms with van der Waals surface area (Å²) in [5, 5.41) is 9.63. The lowest BCUT2D eigenvalue weighted by Gasteiger charge is -2.08. The van der Waals surface area contributed by atoms with Gasteiger partial charge in [-0.1, -0.05) is 36.4 Å². The third-order valence-electron chi connectivity index (χ3n) is 2.51. The molecule has 0 fully saturated rings. The molecular weight excluding hydrogens is 200 g/mol. The average Bonchev–Trinajstić information content (AvgIpc) is 2.33. The molecule has 1 N–H and O–H groups in total. The number of benzene rings is 1. The number of phenolic OH excluding ortho intramolecular Hbond substituents is 1. The molecule has 0 spiro atoms. The normalized spacial score (nSPS) is 17.2. The first-order valence-electron chi connectivity index (χ1n) is 5.12. The molecule has 0 radical (unpaired) electrons. The van der Waals surface area contributed by atoms with Gasteiger partial charge in [-0.2, -0.15) is 0 Å². The minimum atomic E-state index is 0.231. The van der Waals surface area contributed by atoms with Gasteiger partial charge in [-0.25, -0.2) is 0 Å². The maximum absolute atomic E-state index is 10.8. The molecular formula is C14H12O2. The largest absolute Gasteiger partial charge is 0.507 e. The van der Waals surface area contributed by atoms with Crippen molar-refractivity contribution in [3.05, 3.63) is 59.2 Å². The van der Waals surface area contributed by atoms with E-state index in [1.165, 1.54) is 0 Å². The lowest BCUT2D eigenvalue weighted by molar-refractivity contribution is -0.104. The van der Waals surface area contributed by atoms with Crippen molar-refractivity contribution in [3.8, 4) is 5.75 Å². The van der Waals surface area contributed by atoms with E-state index in [1.54, 1.807) is 18.2 Å². The molecule has 0 aliphatic heterocycles. The van der Waals surface area contributed by atoms with Gasteiger partial charge >= 0.3 is 0 Å². The molecule has 2 heteroatoms. The Morgan fingerprint density at radius 3 is 2.81 bits per heavy atom. The second-order valence-electron chi connectivity index (χ2n) is 3.60. The van der Waals surface area contributed by atoms with E-state index in [2.05, 4.69) is 0 Å². The van der Waals surface area contributed by atoms with Crippen molar-refractivity contribution in [2.75, 3.05) is 0 Å². The predicted octanol–water partition coefficient (Wildman–Crippen LogP) is 2.86. The molecule has 0 amide bonds. The number of phenols is 1. The number of carbonyl (C=O) groups is 1. The standard InChI is InChI=1S/C14H12O2/c15-10-13-7-2-1-5-11(13)9-12-6-3-4-8-14(12)16/h1-4,6-10,16H,5H2. The zero-order chi connectivity index (χ0) is 11.4. The van der Waals surface area contributed by atoms with Gasteiger partial charge in [0.15, 0.2) is 0 Å². The van der Waals surface area contributed by atoms with E-state index in [4.69, 9.17) is 0 Å². The first-order valence-corrected chi connectivity index (χ1v) is 5.12. The van der Waals surface area contributed by atoms with Crippen molar-refractivity contribution >= 4 is 12.4 Å². The molecule has 2 rings (SSSR count). The van der Waals surface area contributed by atoms with Crippen molar-refractivity contribution in [1.82, 2.24) is 0 Å². The average molecular weight is 212 g/mol. The van der Waals surface area contributed by atoms with Gasteiger partial charge in [0.05, 0.1) is 0 Å². The van der Waals surface area contributed by atoms with Crippen LogP contribution in [0.25, 0.3) is 6.08 Å². The fraction of sp³-hybridized carbons (Fsp3) is 0.0714. The fourth-order valence-corrected chi connectivity index (χ4v) is 1.65. The van der Waals surface area contributed by atoms with Gasteiger partial charge in [-0.15, -0.1) is 0 Å². The molecule has 0 bridgehead atoms. The van der Waals surface area contributed by atoms with Gasteiger partial charge in [-0.3, -0.25) is 4.79 Å². The van der Waals surface area contributed by atoms with Crippen molar-refractivity contribution in [2.45, 2.75) is 6.42 Å². The highest BCUT2D eigenvalue weighted by Gasteiger charge is 2.06. The summed E-state index contributed by atoms with van der Waals surface area (Å²) in [6.45, 7) is 0. The van der Waals surface area contributed by atoms with Crippen LogP contribution >= 0.6 is 0 Å². The molecule has 0 aromatic heterocycles. The van der Waals surface area contributed by atoms with Gasteiger partial charge < -0.3 is 5.11 Å². The Balaban J connectivity index is 2.38. The summed E-state index contributed by atoms with van der Waals surface area (Å²) in [4.78, 5) is 10.8. The molecule has 1 aliphatic rings. The lowest BCUT2D eigenvalue weighted by Crippen LogP contribution is -1.94. The number of para-hydroxylation sites is 1. The van der Waals surface area contributed by atoms with E-state index in [-0.39, 0.29) is 5.75 Å². The van der Waals surface area contributed by atoms with Crippen LogP contribution in [0, 0.1) is 0 Å². The third-order valence-corrected chi connectivity index (χ3v) is 2.51. The molecule has 0 saturated heterocycles. The highest BCUT2D eigenvalue weighted by Crippen LogP contribution is 2.25. The summed E-state index contributed by atoms with van der Waals surface area (Å²) in [6, 6.07) is 7.09. The quantitative estimate of drug-likeness (QED) is 0.765. The minimum Gasteiger partial charge on any atom is -0.507 e. The Labute approximate surface area is 94.2 Å². The SMILES string of the molecule is O=CC1=CC=CCC1=Cc1ccccc1O. The minimum absolute atomic E-state index is 0.231. The Kier molecular flexibility index (Phi) is 3.01. The maximum Gasteiger partial charge on any atom is 0.150 e. The molecule has 0 atom stereocenters. The zero-order valence-corrected chi connectivity index (χ0v) is 8.76. The van der Waals surface area contributed by atoms with Gasteiger partial charge in [0.2, 0.25) is 0 Å². The Hall–Kier alpha value is -2.09. The summed E-state index contributed by atoms with van der Waals surface area (Å²) in [6.07, 6.45) is 9.04. The Morgan fingerprint density at radius 1 is 1.25 bits per heavy atom. The molecule has 16 heavy (non-hydrogen) atoms. The zero-order valence-electron chi connectivity index (χ0n) is 8.76. The number of allylic oxidation sites excluding steroid dienone is 5. The summed E-state index contributed by atoms with van der Waals surface area (Å²) in [5.74, 6) is 0.231. The number of hydrogen-bond donors (Lipinski definition) is 1. The topological polar surface area (TPSA) is 37.3 Å². The maximum atomic E-state index is 10.8. The highest BCUT2D eigenvalue weighted by molar-refractivity contribution is 5.85. The third kappa shape index (κ3) is 2.11. The molecule has 0 saturated carbocycles.